The molecule has 0 saturated heterocycles. The standard InChI is InChI=1S/C19H17N3O6/c1-13(27-17(23)11-12-26-16-5-3-2-4-6-16)18-20-21-19(28-18)14-7-9-15(10-8-14)22(24)25/h2-10,13H,11-12H2,1H3/t13-/m1/s1. The molecule has 1 atom stereocenters. The molecule has 3 rings (SSSR count). The molecule has 0 bridgehead atoms. The molecule has 1 aromatic heterocycles. The minimum absolute atomic E-state index is 0.0384. The van der Waals surface area contributed by atoms with Crippen molar-refractivity contribution >= 4 is 11.7 Å². The summed E-state index contributed by atoms with van der Waals surface area (Å²) in [4.78, 5) is 22.1. The predicted octanol–water partition coefficient (Wildman–Crippen LogP) is 3.72. The summed E-state index contributed by atoms with van der Waals surface area (Å²) in [6.45, 7) is 1.80. The Kier molecular flexibility index (Phi) is 5.95. The number of hydrogen-bond donors (Lipinski definition) is 0. The lowest BCUT2D eigenvalue weighted by atomic mass is 10.2. The van der Waals surface area contributed by atoms with E-state index in [2.05, 4.69) is 10.2 Å². The lowest BCUT2D eigenvalue weighted by molar-refractivity contribution is -0.384. The van der Waals surface area contributed by atoms with Crippen molar-refractivity contribution in [2.24, 2.45) is 0 Å². The molecule has 144 valence electrons. The number of ether oxygens (including phenoxy) is 2. The van der Waals surface area contributed by atoms with E-state index in [1.807, 2.05) is 18.2 Å². The smallest absolute Gasteiger partial charge is 0.310 e. The third-order valence-corrected chi connectivity index (χ3v) is 3.74. The fraction of sp³-hybridized carbons (Fsp3) is 0.211. The summed E-state index contributed by atoms with van der Waals surface area (Å²) in [5.41, 5.74) is 0.489. The Morgan fingerprint density at radius 1 is 1.14 bits per heavy atom. The monoisotopic (exact) mass is 383 g/mol. The van der Waals surface area contributed by atoms with Gasteiger partial charge >= 0.3 is 5.97 Å². The maximum atomic E-state index is 11.9. The van der Waals surface area contributed by atoms with Crippen molar-refractivity contribution in [1.29, 1.82) is 0 Å². The largest absolute Gasteiger partial charge is 0.493 e. The van der Waals surface area contributed by atoms with Crippen molar-refractivity contribution in [3.8, 4) is 17.2 Å². The molecule has 0 amide bonds. The molecule has 0 saturated carbocycles. The van der Waals surface area contributed by atoms with Crippen LogP contribution in [-0.2, 0) is 9.53 Å². The third kappa shape index (κ3) is 4.91. The second-order valence-electron chi connectivity index (χ2n) is 5.79. The quantitative estimate of drug-likeness (QED) is 0.328. The van der Waals surface area contributed by atoms with E-state index in [1.54, 1.807) is 19.1 Å². The van der Waals surface area contributed by atoms with Crippen LogP contribution in [0.5, 0.6) is 5.75 Å². The van der Waals surface area contributed by atoms with Crippen LogP contribution < -0.4 is 4.74 Å². The summed E-state index contributed by atoms with van der Waals surface area (Å²) in [5.74, 6) is 0.525. The number of carbonyl (C=O) groups is 1. The van der Waals surface area contributed by atoms with Gasteiger partial charge in [0.05, 0.1) is 18.0 Å². The van der Waals surface area contributed by atoms with Crippen LogP contribution in [0, 0.1) is 10.1 Å². The lowest BCUT2D eigenvalue weighted by Gasteiger charge is -2.10. The van der Waals surface area contributed by atoms with Crippen LogP contribution in [0.3, 0.4) is 0 Å². The number of hydrogen-bond acceptors (Lipinski definition) is 8. The molecule has 0 N–H and O–H groups in total. The molecule has 9 nitrogen and oxygen atoms in total. The molecule has 0 unspecified atom stereocenters. The van der Waals surface area contributed by atoms with Gasteiger partial charge in [-0.1, -0.05) is 18.2 Å². The molecule has 0 aliphatic rings. The number of nitrogens with zero attached hydrogens (tertiary/aromatic N) is 3. The van der Waals surface area contributed by atoms with E-state index >= 15 is 0 Å². The van der Waals surface area contributed by atoms with E-state index in [4.69, 9.17) is 13.9 Å². The third-order valence-electron chi connectivity index (χ3n) is 3.74. The number of benzene rings is 2. The maximum Gasteiger partial charge on any atom is 0.310 e. The number of para-hydroxylation sites is 1. The van der Waals surface area contributed by atoms with Crippen LogP contribution in [0.2, 0.25) is 0 Å². The van der Waals surface area contributed by atoms with Gasteiger partial charge in [-0.25, -0.2) is 0 Å². The van der Waals surface area contributed by atoms with Gasteiger partial charge in [-0.3, -0.25) is 14.9 Å². The number of carbonyl (C=O) groups excluding carboxylic acids is 1. The normalized spacial score (nSPS) is 11.6. The van der Waals surface area contributed by atoms with Gasteiger partial charge in [0.15, 0.2) is 6.10 Å². The first-order chi connectivity index (χ1) is 13.5. The average molecular weight is 383 g/mol. The van der Waals surface area contributed by atoms with E-state index in [9.17, 15) is 14.9 Å². The fourth-order valence-electron chi connectivity index (χ4n) is 2.32. The fourth-order valence-corrected chi connectivity index (χ4v) is 2.32. The minimum Gasteiger partial charge on any atom is -0.493 e. The van der Waals surface area contributed by atoms with Crippen LogP contribution in [0.15, 0.2) is 59.0 Å². The lowest BCUT2D eigenvalue weighted by Crippen LogP contribution is -2.12. The molecule has 0 aliphatic carbocycles. The van der Waals surface area contributed by atoms with Gasteiger partial charge in [-0.05, 0) is 31.2 Å². The van der Waals surface area contributed by atoms with E-state index in [0.717, 1.165) is 0 Å². The van der Waals surface area contributed by atoms with Crippen LogP contribution >= 0.6 is 0 Å². The van der Waals surface area contributed by atoms with Gasteiger partial charge < -0.3 is 13.9 Å². The first-order valence-corrected chi connectivity index (χ1v) is 8.48. The van der Waals surface area contributed by atoms with Crippen molar-refractivity contribution in [3.05, 3.63) is 70.6 Å². The number of aromatic nitrogens is 2. The van der Waals surface area contributed by atoms with E-state index < -0.39 is 17.0 Å². The summed E-state index contributed by atoms with van der Waals surface area (Å²) >= 11 is 0. The number of non-ortho nitro benzene ring substituents is 1. The molecule has 1 heterocycles. The zero-order chi connectivity index (χ0) is 19.9. The first kappa shape index (κ1) is 19.0. The molecule has 0 radical (unpaired) electrons. The number of rotatable bonds is 8. The Morgan fingerprint density at radius 2 is 1.86 bits per heavy atom. The molecular weight excluding hydrogens is 366 g/mol. The molecule has 3 aromatic rings. The highest BCUT2D eigenvalue weighted by Gasteiger charge is 2.19. The highest BCUT2D eigenvalue weighted by Crippen LogP contribution is 2.24. The van der Waals surface area contributed by atoms with Gasteiger partial charge in [0.25, 0.3) is 11.6 Å². The van der Waals surface area contributed by atoms with Gasteiger partial charge in [0.1, 0.15) is 5.75 Å². The van der Waals surface area contributed by atoms with Crippen molar-refractivity contribution in [2.45, 2.75) is 19.4 Å². The zero-order valence-electron chi connectivity index (χ0n) is 15.0. The second kappa shape index (κ2) is 8.76. The van der Waals surface area contributed by atoms with Crippen molar-refractivity contribution in [3.63, 3.8) is 0 Å². The SMILES string of the molecule is C[C@@H](OC(=O)CCOc1ccccc1)c1nnc(-c2ccc([N+](=O)[O-])cc2)o1. The average Bonchev–Trinajstić information content (AvgIpc) is 3.19. The number of nitro benzene ring substituents is 1. The predicted molar refractivity (Wildman–Crippen MR) is 97.4 cm³/mol. The highest BCUT2D eigenvalue weighted by atomic mass is 16.6. The Balaban J connectivity index is 1.52. The molecule has 9 heteroatoms. The van der Waals surface area contributed by atoms with E-state index in [0.29, 0.717) is 11.3 Å². The van der Waals surface area contributed by atoms with Crippen LogP contribution in [0.25, 0.3) is 11.5 Å². The van der Waals surface area contributed by atoms with Crippen molar-refractivity contribution in [2.75, 3.05) is 6.61 Å². The van der Waals surface area contributed by atoms with Gasteiger partial charge in [-0.15, -0.1) is 10.2 Å². The van der Waals surface area contributed by atoms with Gasteiger partial charge in [0.2, 0.25) is 5.89 Å². The van der Waals surface area contributed by atoms with Crippen LogP contribution in [-0.4, -0.2) is 27.7 Å². The topological polar surface area (TPSA) is 118 Å². The molecular formula is C19H17N3O6. The summed E-state index contributed by atoms with van der Waals surface area (Å²) in [6.07, 6.45) is -0.661. The van der Waals surface area contributed by atoms with Crippen LogP contribution in [0.4, 0.5) is 5.69 Å². The van der Waals surface area contributed by atoms with E-state index in [1.165, 1.54) is 24.3 Å². The van der Waals surface area contributed by atoms with E-state index in [-0.39, 0.29) is 30.5 Å². The van der Waals surface area contributed by atoms with Gasteiger partial charge in [0, 0.05) is 17.7 Å². The first-order valence-electron chi connectivity index (χ1n) is 8.48. The molecule has 28 heavy (non-hydrogen) atoms. The summed E-state index contributed by atoms with van der Waals surface area (Å²) in [6, 6.07) is 14.9. The summed E-state index contributed by atoms with van der Waals surface area (Å²) < 4.78 is 16.2. The zero-order valence-corrected chi connectivity index (χ0v) is 15.0. The molecule has 0 fully saturated rings. The van der Waals surface area contributed by atoms with Crippen LogP contribution in [0.1, 0.15) is 25.3 Å². The summed E-state index contributed by atoms with van der Waals surface area (Å²) in [5, 5.41) is 18.5. The highest BCUT2D eigenvalue weighted by molar-refractivity contribution is 5.69. The van der Waals surface area contributed by atoms with Crippen molar-refractivity contribution < 1.29 is 23.6 Å². The molecule has 0 aliphatic heterocycles. The Labute approximate surface area is 160 Å². The second-order valence-corrected chi connectivity index (χ2v) is 5.79. The number of esters is 1. The Bertz CT molecular complexity index is 940. The minimum atomic E-state index is -0.733. The summed E-state index contributed by atoms with van der Waals surface area (Å²) in [7, 11) is 0. The van der Waals surface area contributed by atoms with Crippen molar-refractivity contribution in [1.82, 2.24) is 10.2 Å². The molecule has 2 aromatic carbocycles. The molecule has 0 spiro atoms. The number of nitro groups is 1. The Hall–Kier alpha value is -3.75. The maximum absolute atomic E-state index is 11.9. The Morgan fingerprint density at radius 3 is 2.54 bits per heavy atom. The van der Waals surface area contributed by atoms with Gasteiger partial charge in [-0.2, -0.15) is 0 Å².